The summed E-state index contributed by atoms with van der Waals surface area (Å²) in [5.41, 5.74) is 0.944. The molecule has 2 fully saturated rings. The van der Waals surface area contributed by atoms with Crippen LogP contribution >= 0.6 is 0 Å². The third-order valence-electron chi connectivity index (χ3n) is 5.21. The van der Waals surface area contributed by atoms with Crippen LogP contribution in [0, 0.1) is 17.8 Å². The van der Waals surface area contributed by atoms with Gasteiger partial charge in [0.15, 0.2) is 5.78 Å². The lowest BCUT2D eigenvalue weighted by molar-refractivity contribution is -0.131. The van der Waals surface area contributed by atoms with E-state index in [9.17, 15) is 19.2 Å². The molecule has 1 saturated heterocycles. The lowest BCUT2D eigenvalue weighted by Gasteiger charge is -2.28. The summed E-state index contributed by atoms with van der Waals surface area (Å²) in [7, 11) is 0. The van der Waals surface area contributed by atoms with Crippen LogP contribution in [0.1, 0.15) is 23.2 Å². The second kappa shape index (κ2) is 6.33. The molecule has 0 N–H and O–H groups in total. The number of Topliss-reactive ketones (excluding diaryl/α,β-unsaturated/α-hetero) is 2. The Morgan fingerprint density at radius 2 is 1.42 bits per heavy atom. The number of amides is 2. The summed E-state index contributed by atoms with van der Waals surface area (Å²) in [5.74, 6) is -3.46. The van der Waals surface area contributed by atoms with Gasteiger partial charge in [-0.2, -0.15) is 0 Å². The molecule has 1 saturated carbocycles. The van der Waals surface area contributed by atoms with Crippen molar-refractivity contribution in [2.45, 2.75) is 12.8 Å². The Bertz CT molecular complexity index is 891. The second-order valence-electron chi connectivity index (χ2n) is 6.76. The molecule has 5 heteroatoms. The molecule has 0 spiro atoms. The van der Waals surface area contributed by atoms with Crippen LogP contribution in [0.2, 0.25) is 0 Å². The Morgan fingerprint density at radius 3 is 2.08 bits per heavy atom. The molecule has 26 heavy (non-hydrogen) atoms. The van der Waals surface area contributed by atoms with Crippen molar-refractivity contribution < 1.29 is 19.2 Å². The van der Waals surface area contributed by atoms with Gasteiger partial charge in [0, 0.05) is 24.3 Å². The van der Waals surface area contributed by atoms with Gasteiger partial charge in [-0.15, -0.1) is 0 Å². The van der Waals surface area contributed by atoms with Crippen LogP contribution in [0.3, 0.4) is 0 Å². The molecule has 0 unspecified atom stereocenters. The van der Waals surface area contributed by atoms with Crippen molar-refractivity contribution >= 4 is 29.1 Å². The van der Waals surface area contributed by atoms with E-state index in [2.05, 4.69) is 0 Å². The Kier molecular flexibility index (Phi) is 3.99. The number of benzene rings is 2. The average Bonchev–Trinajstić information content (AvgIpc) is 2.92. The number of fused-ring (bicyclic) bond motifs is 1. The van der Waals surface area contributed by atoms with Gasteiger partial charge in [-0.1, -0.05) is 48.5 Å². The predicted molar refractivity (Wildman–Crippen MR) is 94.4 cm³/mol. The van der Waals surface area contributed by atoms with Crippen molar-refractivity contribution in [1.82, 2.24) is 0 Å². The standard InChI is InChI=1S/C21H17NO4/c23-15-11-16(19(24)13-7-3-1-4-8-13)18-17(12-15)20(25)22(21(18)26)14-9-5-2-6-10-14/h1-10,16-18H,11-12H2/t16-,17+,18-/m0/s1. The Balaban J connectivity index is 1.72. The number of nitrogens with zero attached hydrogens (tertiary/aromatic N) is 1. The fourth-order valence-corrected chi connectivity index (χ4v) is 4.02. The summed E-state index contributed by atoms with van der Waals surface area (Å²) < 4.78 is 0. The van der Waals surface area contributed by atoms with Crippen LogP contribution in [-0.2, 0) is 14.4 Å². The second-order valence-corrected chi connectivity index (χ2v) is 6.76. The number of imide groups is 1. The van der Waals surface area contributed by atoms with E-state index in [1.165, 1.54) is 0 Å². The van der Waals surface area contributed by atoms with Gasteiger partial charge in [-0.3, -0.25) is 24.1 Å². The number of hydrogen-bond acceptors (Lipinski definition) is 4. The first kappa shape index (κ1) is 16.4. The molecule has 2 amide bonds. The molecular formula is C21H17NO4. The summed E-state index contributed by atoms with van der Waals surface area (Å²) in [6.45, 7) is 0. The third-order valence-corrected chi connectivity index (χ3v) is 5.21. The van der Waals surface area contributed by atoms with Crippen molar-refractivity contribution in [2.24, 2.45) is 17.8 Å². The van der Waals surface area contributed by atoms with Crippen LogP contribution in [-0.4, -0.2) is 23.4 Å². The number of anilines is 1. The highest BCUT2D eigenvalue weighted by Gasteiger charge is 2.56. The average molecular weight is 347 g/mol. The van der Waals surface area contributed by atoms with Crippen molar-refractivity contribution in [3.63, 3.8) is 0 Å². The highest BCUT2D eigenvalue weighted by molar-refractivity contribution is 6.24. The molecule has 5 nitrogen and oxygen atoms in total. The molecule has 3 atom stereocenters. The summed E-state index contributed by atoms with van der Waals surface area (Å²) >= 11 is 0. The topological polar surface area (TPSA) is 71.5 Å². The van der Waals surface area contributed by atoms with Crippen molar-refractivity contribution in [3.05, 3.63) is 66.2 Å². The van der Waals surface area contributed by atoms with Gasteiger partial charge in [-0.05, 0) is 12.1 Å². The number of rotatable bonds is 3. The first-order valence-electron chi connectivity index (χ1n) is 8.61. The molecule has 2 aromatic carbocycles. The monoisotopic (exact) mass is 347 g/mol. The molecule has 0 radical (unpaired) electrons. The summed E-state index contributed by atoms with van der Waals surface area (Å²) in [5, 5.41) is 0. The predicted octanol–water partition coefficient (Wildman–Crippen LogP) is 2.65. The van der Waals surface area contributed by atoms with E-state index in [4.69, 9.17) is 0 Å². The fourth-order valence-electron chi connectivity index (χ4n) is 4.02. The van der Waals surface area contributed by atoms with Crippen LogP contribution in [0.5, 0.6) is 0 Å². The van der Waals surface area contributed by atoms with Crippen LogP contribution < -0.4 is 4.90 Å². The van der Waals surface area contributed by atoms with Crippen LogP contribution in [0.4, 0.5) is 5.69 Å². The van der Waals surface area contributed by atoms with Gasteiger partial charge in [-0.25, -0.2) is 0 Å². The van der Waals surface area contributed by atoms with Gasteiger partial charge >= 0.3 is 0 Å². The zero-order valence-corrected chi connectivity index (χ0v) is 14.0. The van der Waals surface area contributed by atoms with Gasteiger partial charge < -0.3 is 0 Å². The quantitative estimate of drug-likeness (QED) is 0.632. The molecular weight excluding hydrogens is 330 g/mol. The Labute approximate surface area is 150 Å². The van der Waals surface area contributed by atoms with Gasteiger partial charge in [0.2, 0.25) is 11.8 Å². The van der Waals surface area contributed by atoms with Crippen LogP contribution in [0.25, 0.3) is 0 Å². The molecule has 1 aliphatic carbocycles. The molecule has 130 valence electrons. The van der Waals surface area contributed by atoms with Crippen molar-refractivity contribution in [3.8, 4) is 0 Å². The smallest absolute Gasteiger partial charge is 0.238 e. The first-order valence-corrected chi connectivity index (χ1v) is 8.61. The number of para-hydroxylation sites is 1. The lowest BCUT2D eigenvalue weighted by atomic mass is 9.70. The maximum absolute atomic E-state index is 13.0. The molecule has 4 rings (SSSR count). The third kappa shape index (κ3) is 2.56. The minimum Gasteiger partial charge on any atom is -0.300 e. The molecule has 1 heterocycles. The largest absolute Gasteiger partial charge is 0.300 e. The Morgan fingerprint density at radius 1 is 0.808 bits per heavy atom. The van der Waals surface area contributed by atoms with E-state index in [-0.39, 0.29) is 36.2 Å². The maximum Gasteiger partial charge on any atom is 0.238 e. The highest BCUT2D eigenvalue weighted by atomic mass is 16.2. The van der Waals surface area contributed by atoms with E-state index in [0.717, 1.165) is 4.90 Å². The normalized spacial score (nSPS) is 25.3. The first-order chi connectivity index (χ1) is 12.6. The maximum atomic E-state index is 13.0. The highest BCUT2D eigenvalue weighted by Crippen LogP contribution is 2.43. The number of ketones is 2. The molecule has 2 aliphatic rings. The van der Waals surface area contributed by atoms with Gasteiger partial charge in [0.05, 0.1) is 17.5 Å². The van der Waals surface area contributed by atoms with E-state index in [1.807, 2.05) is 0 Å². The molecule has 0 bridgehead atoms. The van der Waals surface area contributed by atoms with E-state index in [0.29, 0.717) is 11.3 Å². The van der Waals surface area contributed by atoms with Gasteiger partial charge in [0.25, 0.3) is 0 Å². The number of hydrogen-bond donors (Lipinski definition) is 0. The minimum atomic E-state index is -0.784. The number of carbonyl (C=O) groups is 4. The lowest BCUT2D eigenvalue weighted by Crippen LogP contribution is -2.39. The summed E-state index contributed by atoms with van der Waals surface area (Å²) in [6.07, 6.45) is 0.0354. The zero-order valence-electron chi connectivity index (χ0n) is 14.0. The fraction of sp³-hybridized carbons (Fsp3) is 0.238. The minimum absolute atomic E-state index is 0.0105. The van der Waals surface area contributed by atoms with Crippen LogP contribution in [0.15, 0.2) is 60.7 Å². The summed E-state index contributed by atoms with van der Waals surface area (Å²) in [6, 6.07) is 17.3. The summed E-state index contributed by atoms with van der Waals surface area (Å²) in [4.78, 5) is 52.2. The van der Waals surface area contributed by atoms with Crippen molar-refractivity contribution in [2.75, 3.05) is 4.90 Å². The molecule has 2 aromatic rings. The van der Waals surface area contributed by atoms with Crippen molar-refractivity contribution in [1.29, 1.82) is 0 Å². The SMILES string of the molecule is O=C1C[C@H](C(=O)c2ccccc2)[C@@H]2C(=O)N(c3ccccc3)C(=O)[C@@H]2C1. The Hall–Kier alpha value is -3.08. The van der Waals surface area contributed by atoms with E-state index >= 15 is 0 Å². The molecule has 1 aliphatic heterocycles. The molecule has 0 aromatic heterocycles. The zero-order chi connectivity index (χ0) is 18.3. The number of carbonyl (C=O) groups excluding carboxylic acids is 4. The van der Waals surface area contributed by atoms with E-state index < -0.39 is 17.8 Å². The van der Waals surface area contributed by atoms with E-state index in [1.54, 1.807) is 60.7 Å². The van der Waals surface area contributed by atoms with Gasteiger partial charge in [0.1, 0.15) is 5.78 Å².